The maximum Gasteiger partial charge on any atom is 0.146 e. The number of rotatable bonds is 2. The second-order valence-electron chi connectivity index (χ2n) is 5.06. The zero-order chi connectivity index (χ0) is 12.6. The lowest BCUT2D eigenvalue weighted by Crippen LogP contribution is -2.30. The van der Waals surface area contributed by atoms with Crippen LogP contribution in [-0.4, -0.2) is 28.9 Å². The van der Waals surface area contributed by atoms with Crippen molar-refractivity contribution in [1.82, 2.24) is 0 Å². The van der Waals surface area contributed by atoms with Gasteiger partial charge in [0.1, 0.15) is 5.82 Å². The number of β-amino-alcohol motifs (C(OH)–C–C–N with tert-alkyl or cyclic N) is 1. The van der Waals surface area contributed by atoms with Crippen LogP contribution in [0.25, 0.3) is 0 Å². The van der Waals surface area contributed by atoms with Crippen LogP contribution in [0, 0.1) is 5.82 Å². The molecule has 1 aliphatic rings. The first kappa shape index (κ1) is 12.3. The highest BCUT2D eigenvalue weighted by Crippen LogP contribution is 2.29. The third kappa shape index (κ3) is 2.58. The van der Waals surface area contributed by atoms with E-state index >= 15 is 0 Å². The normalized spacial score (nSPS) is 26.3. The van der Waals surface area contributed by atoms with Gasteiger partial charge in [-0.2, -0.15) is 0 Å². The van der Waals surface area contributed by atoms with Gasteiger partial charge in [-0.1, -0.05) is 6.07 Å². The number of aliphatic hydroxyl groups is 2. The van der Waals surface area contributed by atoms with Crippen LogP contribution < -0.4 is 4.90 Å². The number of hydrogen-bond donors (Lipinski definition) is 2. The van der Waals surface area contributed by atoms with Gasteiger partial charge in [-0.15, -0.1) is 0 Å². The largest absolute Gasteiger partial charge is 0.389 e. The van der Waals surface area contributed by atoms with Crippen LogP contribution in [0.2, 0.25) is 0 Å². The van der Waals surface area contributed by atoms with E-state index in [1.807, 2.05) is 4.90 Å². The molecule has 2 N–H and O–H groups in total. The molecular weight excluding hydrogens is 221 g/mol. The van der Waals surface area contributed by atoms with Gasteiger partial charge in [0.25, 0.3) is 0 Å². The van der Waals surface area contributed by atoms with E-state index in [1.165, 1.54) is 6.07 Å². The summed E-state index contributed by atoms with van der Waals surface area (Å²) in [7, 11) is 0. The van der Waals surface area contributed by atoms with Crippen LogP contribution in [0.3, 0.4) is 0 Å². The van der Waals surface area contributed by atoms with Crippen LogP contribution in [0.4, 0.5) is 10.1 Å². The van der Waals surface area contributed by atoms with Crippen LogP contribution >= 0.6 is 0 Å². The monoisotopic (exact) mass is 239 g/mol. The molecule has 1 saturated heterocycles. The Balaban J connectivity index is 2.23. The van der Waals surface area contributed by atoms with Crippen LogP contribution in [0.1, 0.15) is 31.9 Å². The molecule has 0 bridgehead atoms. The van der Waals surface area contributed by atoms with Gasteiger partial charge >= 0.3 is 0 Å². The number of aliphatic hydroxyl groups excluding tert-OH is 1. The number of halogens is 1. The van der Waals surface area contributed by atoms with Crippen molar-refractivity contribution in [3.05, 3.63) is 29.6 Å². The lowest BCUT2D eigenvalue weighted by atomic mass is 10.1. The van der Waals surface area contributed by atoms with Crippen LogP contribution in [0.5, 0.6) is 0 Å². The highest BCUT2D eigenvalue weighted by molar-refractivity contribution is 5.50. The van der Waals surface area contributed by atoms with Gasteiger partial charge in [-0.05, 0) is 38.0 Å². The SMILES string of the molecule is CC(O)c1ccc(N2CCC(C)(O)C2)c(F)c1. The first-order valence-corrected chi connectivity index (χ1v) is 5.84. The second-order valence-corrected chi connectivity index (χ2v) is 5.06. The molecule has 1 aliphatic heterocycles. The molecule has 94 valence electrons. The molecule has 17 heavy (non-hydrogen) atoms. The fraction of sp³-hybridized carbons (Fsp3) is 0.538. The smallest absolute Gasteiger partial charge is 0.146 e. The Hall–Kier alpha value is -1.13. The Morgan fingerprint density at radius 2 is 2.18 bits per heavy atom. The average Bonchev–Trinajstić information content (AvgIpc) is 2.58. The third-order valence-corrected chi connectivity index (χ3v) is 3.25. The Morgan fingerprint density at radius 1 is 1.47 bits per heavy atom. The van der Waals surface area contributed by atoms with Crippen molar-refractivity contribution in [2.24, 2.45) is 0 Å². The van der Waals surface area contributed by atoms with Crippen LogP contribution in [0.15, 0.2) is 18.2 Å². The van der Waals surface area contributed by atoms with E-state index in [9.17, 15) is 14.6 Å². The zero-order valence-electron chi connectivity index (χ0n) is 10.2. The number of nitrogens with zero attached hydrogens (tertiary/aromatic N) is 1. The summed E-state index contributed by atoms with van der Waals surface area (Å²) in [5.74, 6) is -0.346. The van der Waals surface area contributed by atoms with Crippen molar-refractivity contribution < 1.29 is 14.6 Å². The Kier molecular flexibility index (Phi) is 3.10. The molecule has 1 aromatic rings. The molecule has 4 heteroatoms. The van der Waals surface area contributed by atoms with Gasteiger partial charge in [0.15, 0.2) is 0 Å². The summed E-state index contributed by atoms with van der Waals surface area (Å²) < 4.78 is 13.9. The summed E-state index contributed by atoms with van der Waals surface area (Å²) in [6.07, 6.45) is -0.0230. The average molecular weight is 239 g/mol. The highest BCUT2D eigenvalue weighted by Gasteiger charge is 2.32. The molecule has 0 aromatic heterocycles. The predicted molar refractivity (Wildman–Crippen MR) is 64.5 cm³/mol. The van der Waals surface area contributed by atoms with E-state index in [-0.39, 0.29) is 5.82 Å². The fourth-order valence-corrected chi connectivity index (χ4v) is 2.19. The number of benzene rings is 1. The fourth-order valence-electron chi connectivity index (χ4n) is 2.19. The quantitative estimate of drug-likeness (QED) is 0.827. The predicted octanol–water partition coefficient (Wildman–Crippen LogP) is 1.84. The Bertz CT molecular complexity index is 418. The van der Waals surface area contributed by atoms with E-state index in [0.29, 0.717) is 30.8 Å². The van der Waals surface area contributed by atoms with E-state index < -0.39 is 11.7 Å². The minimum absolute atomic E-state index is 0.346. The first-order valence-electron chi connectivity index (χ1n) is 5.84. The van der Waals surface area contributed by atoms with E-state index in [1.54, 1.807) is 26.0 Å². The lowest BCUT2D eigenvalue weighted by Gasteiger charge is -2.21. The van der Waals surface area contributed by atoms with Crippen molar-refractivity contribution in [3.8, 4) is 0 Å². The molecule has 1 aromatic carbocycles. The second kappa shape index (κ2) is 4.27. The van der Waals surface area contributed by atoms with Crippen molar-refractivity contribution in [1.29, 1.82) is 0 Å². The maximum absolute atomic E-state index is 13.9. The number of anilines is 1. The zero-order valence-corrected chi connectivity index (χ0v) is 10.2. The summed E-state index contributed by atoms with van der Waals surface area (Å²) in [6, 6.07) is 4.74. The van der Waals surface area contributed by atoms with Crippen molar-refractivity contribution in [2.75, 3.05) is 18.0 Å². The maximum atomic E-state index is 13.9. The first-order chi connectivity index (χ1) is 7.89. The molecular formula is C13H18FNO2. The topological polar surface area (TPSA) is 43.7 Å². The van der Waals surface area contributed by atoms with Crippen LogP contribution in [-0.2, 0) is 0 Å². The molecule has 3 nitrogen and oxygen atoms in total. The van der Waals surface area contributed by atoms with Crippen molar-refractivity contribution in [3.63, 3.8) is 0 Å². The molecule has 2 rings (SSSR count). The van der Waals surface area contributed by atoms with Crippen molar-refractivity contribution >= 4 is 5.69 Å². The van der Waals surface area contributed by atoms with Gasteiger partial charge in [0.05, 0.1) is 17.4 Å². The lowest BCUT2D eigenvalue weighted by molar-refractivity contribution is 0.0839. The molecule has 2 unspecified atom stereocenters. The summed E-state index contributed by atoms with van der Waals surface area (Å²) in [4.78, 5) is 1.83. The van der Waals surface area contributed by atoms with Crippen molar-refractivity contribution in [2.45, 2.75) is 32.0 Å². The van der Waals surface area contributed by atoms with E-state index in [4.69, 9.17) is 0 Å². The molecule has 0 radical (unpaired) electrons. The summed E-state index contributed by atoms with van der Waals surface area (Å²) in [5.41, 5.74) is 0.319. The van der Waals surface area contributed by atoms with Gasteiger partial charge in [0.2, 0.25) is 0 Å². The molecule has 0 saturated carbocycles. The summed E-state index contributed by atoms with van der Waals surface area (Å²) in [6.45, 7) is 4.46. The molecule has 1 heterocycles. The minimum Gasteiger partial charge on any atom is -0.389 e. The minimum atomic E-state index is -0.741. The van der Waals surface area contributed by atoms with Gasteiger partial charge in [0, 0.05) is 13.1 Å². The molecule has 0 amide bonds. The Morgan fingerprint density at radius 3 is 2.65 bits per heavy atom. The third-order valence-electron chi connectivity index (χ3n) is 3.25. The van der Waals surface area contributed by atoms with E-state index in [0.717, 1.165) is 0 Å². The Labute approximate surface area is 100 Å². The summed E-state index contributed by atoms with van der Waals surface area (Å²) >= 11 is 0. The highest BCUT2D eigenvalue weighted by atomic mass is 19.1. The van der Waals surface area contributed by atoms with Gasteiger partial charge in [-0.3, -0.25) is 0 Å². The standard InChI is InChI=1S/C13H18FNO2/c1-9(16)10-3-4-12(11(14)7-10)15-6-5-13(2,17)8-15/h3-4,7,9,16-17H,5-6,8H2,1-2H3. The van der Waals surface area contributed by atoms with Gasteiger partial charge < -0.3 is 15.1 Å². The molecule has 0 aliphatic carbocycles. The molecule has 1 fully saturated rings. The van der Waals surface area contributed by atoms with Gasteiger partial charge in [-0.25, -0.2) is 4.39 Å². The number of hydrogen-bond acceptors (Lipinski definition) is 3. The molecule has 2 atom stereocenters. The molecule has 0 spiro atoms. The summed E-state index contributed by atoms with van der Waals surface area (Å²) in [5, 5.41) is 19.2. The van der Waals surface area contributed by atoms with E-state index in [2.05, 4.69) is 0 Å².